The maximum atomic E-state index is 14.0. The molecule has 0 aromatic carbocycles. The molecule has 0 bridgehead atoms. The van der Waals surface area contributed by atoms with Crippen molar-refractivity contribution in [3.05, 3.63) is 23.4 Å². The van der Waals surface area contributed by atoms with Crippen LogP contribution in [0.5, 0.6) is 5.88 Å². The van der Waals surface area contributed by atoms with E-state index >= 15 is 0 Å². The highest BCUT2D eigenvalue weighted by atomic mass is 35.5. The molecule has 1 atom stereocenters. The van der Waals surface area contributed by atoms with Gasteiger partial charge < -0.3 is 9.64 Å². The summed E-state index contributed by atoms with van der Waals surface area (Å²) in [6.45, 7) is -0.271. The van der Waals surface area contributed by atoms with E-state index in [0.717, 1.165) is 4.90 Å². The average Bonchev–Trinajstić information content (AvgIpc) is 2.94. The molecule has 1 aromatic rings. The third-order valence-corrected chi connectivity index (χ3v) is 4.31. The van der Waals surface area contributed by atoms with Gasteiger partial charge in [0.2, 0.25) is 11.8 Å². The molecule has 6 nitrogen and oxygen atoms in total. The van der Waals surface area contributed by atoms with Gasteiger partial charge in [-0.15, -0.1) is 0 Å². The summed E-state index contributed by atoms with van der Waals surface area (Å²) in [5.74, 6) is -3.24. The first-order valence-corrected chi connectivity index (χ1v) is 7.97. The molecule has 9 heteroatoms. The lowest BCUT2D eigenvalue weighted by molar-refractivity contribution is -0.135. The van der Waals surface area contributed by atoms with Crippen LogP contribution < -0.4 is 4.74 Å². The minimum atomic E-state index is -3.07. The Morgan fingerprint density at radius 3 is 2.83 bits per heavy atom. The molecule has 0 radical (unpaired) electrons. The third kappa shape index (κ3) is 3.75. The number of hydrogen-bond donors (Lipinski definition) is 0. The van der Waals surface area contributed by atoms with E-state index in [2.05, 4.69) is 4.98 Å². The zero-order chi connectivity index (χ0) is 17.3. The molecule has 1 aromatic heterocycles. The molecule has 0 saturated carbocycles. The Labute approximate surface area is 142 Å². The first-order chi connectivity index (χ1) is 11.3. The lowest BCUT2D eigenvalue weighted by Gasteiger charge is -2.40. The highest BCUT2D eigenvalue weighted by Crippen LogP contribution is 2.31. The first-order valence-electron chi connectivity index (χ1n) is 7.60. The fourth-order valence-electron chi connectivity index (χ4n) is 3.05. The van der Waals surface area contributed by atoms with Crippen LogP contribution in [-0.2, 0) is 4.79 Å². The first kappa shape index (κ1) is 16.9. The number of carbonyl (C=O) groups is 2. The fraction of sp³-hybridized carbons (Fsp3) is 0.533. The van der Waals surface area contributed by atoms with E-state index in [-0.39, 0.29) is 18.3 Å². The molecule has 130 valence electrons. The maximum Gasteiger partial charge on any atom is 0.416 e. The van der Waals surface area contributed by atoms with Crippen molar-refractivity contribution >= 4 is 23.6 Å². The number of alkyl halides is 2. The van der Waals surface area contributed by atoms with E-state index in [0.29, 0.717) is 24.4 Å². The summed E-state index contributed by atoms with van der Waals surface area (Å²) >= 11 is 5.69. The molecule has 2 aliphatic heterocycles. The normalized spacial score (nSPS) is 23.5. The summed E-state index contributed by atoms with van der Waals surface area (Å²) in [4.78, 5) is 30.2. The van der Waals surface area contributed by atoms with Crippen molar-refractivity contribution < 1.29 is 23.1 Å². The van der Waals surface area contributed by atoms with Crippen LogP contribution in [0, 0.1) is 0 Å². The number of piperidine rings is 1. The van der Waals surface area contributed by atoms with Crippen LogP contribution in [-0.4, -0.2) is 58.4 Å². The monoisotopic (exact) mass is 359 g/mol. The molecule has 2 fully saturated rings. The van der Waals surface area contributed by atoms with E-state index in [4.69, 9.17) is 16.3 Å². The number of amides is 2. The van der Waals surface area contributed by atoms with Crippen molar-refractivity contribution in [1.29, 1.82) is 0 Å². The summed E-state index contributed by atoms with van der Waals surface area (Å²) < 4.78 is 33.1. The highest BCUT2D eigenvalue weighted by molar-refractivity contribution is 6.30. The topological polar surface area (TPSA) is 62.7 Å². The molecular weight excluding hydrogens is 344 g/mol. The largest absolute Gasteiger partial charge is 0.416 e. The van der Waals surface area contributed by atoms with Crippen LogP contribution in [0.25, 0.3) is 0 Å². The molecule has 2 saturated heterocycles. The minimum Gasteiger partial charge on any atom is -0.391 e. The number of rotatable bonds is 2. The second-order valence-electron chi connectivity index (χ2n) is 5.97. The van der Waals surface area contributed by atoms with Crippen molar-refractivity contribution in [2.45, 2.75) is 31.2 Å². The Morgan fingerprint density at radius 1 is 1.42 bits per heavy atom. The Balaban J connectivity index is 1.70. The van der Waals surface area contributed by atoms with Gasteiger partial charge in [0.15, 0.2) is 0 Å². The zero-order valence-corrected chi connectivity index (χ0v) is 13.5. The maximum absolute atomic E-state index is 14.0. The fourth-order valence-corrected chi connectivity index (χ4v) is 3.16. The van der Waals surface area contributed by atoms with Crippen molar-refractivity contribution in [2.24, 2.45) is 0 Å². The quantitative estimate of drug-likeness (QED) is 0.814. The molecule has 24 heavy (non-hydrogen) atoms. The summed E-state index contributed by atoms with van der Waals surface area (Å²) in [6, 6.07) is 2.16. The lowest BCUT2D eigenvalue weighted by atomic mass is 10.0. The second-order valence-corrected chi connectivity index (χ2v) is 6.40. The predicted octanol–water partition coefficient (Wildman–Crippen LogP) is 2.57. The Kier molecular flexibility index (Phi) is 4.58. The number of aromatic nitrogens is 1. The molecule has 0 N–H and O–H groups in total. The summed E-state index contributed by atoms with van der Waals surface area (Å²) in [6.07, 6.45) is 0.949. The smallest absolute Gasteiger partial charge is 0.391 e. The van der Waals surface area contributed by atoms with Crippen LogP contribution >= 0.6 is 11.6 Å². The Hall–Kier alpha value is -1.96. The van der Waals surface area contributed by atoms with E-state index in [9.17, 15) is 18.4 Å². The van der Waals surface area contributed by atoms with Gasteiger partial charge >= 0.3 is 6.09 Å². The van der Waals surface area contributed by atoms with Gasteiger partial charge in [-0.25, -0.2) is 18.6 Å². The number of ether oxygens (including phenoxy) is 1. The molecule has 0 spiro atoms. The van der Waals surface area contributed by atoms with Crippen molar-refractivity contribution in [2.75, 3.05) is 19.6 Å². The van der Waals surface area contributed by atoms with Gasteiger partial charge in [-0.3, -0.25) is 9.69 Å². The van der Waals surface area contributed by atoms with E-state index in [1.807, 2.05) is 0 Å². The van der Waals surface area contributed by atoms with Crippen molar-refractivity contribution in [1.82, 2.24) is 14.8 Å². The minimum absolute atomic E-state index is 0.0212. The predicted molar refractivity (Wildman–Crippen MR) is 81.1 cm³/mol. The van der Waals surface area contributed by atoms with Crippen LogP contribution in [0.15, 0.2) is 18.3 Å². The second kappa shape index (κ2) is 6.51. The molecule has 2 aliphatic rings. The van der Waals surface area contributed by atoms with Crippen molar-refractivity contribution in [3.8, 4) is 5.88 Å². The molecule has 1 unspecified atom stereocenters. The van der Waals surface area contributed by atoms with Crippen molar-refractivity contribution in [3.63, 3.8) is 0 Å². The summed E-state index contributed by atoms with van der Waals surface area (Å²) in [5.41, 5.74) is 0. The van der Waals surface area contributed by atoms with Gasteiger partial charge in [0.05, 0.1) is 17.6 Å². The van der Waals surface area contributed by atoms with Gasteiger partial charge in [0.1, 0.15) is 0 Å². The van der Waals surface area contributed by atoms with Gasteiger partial charge in [-0.1, -0.05) is 11.6 Å². The standard InChI is InChI=1S/C15H16ClF2N3O3/c16-10-3-4-12(19-7-10)24-14(23)20-8-11(6-15(17,18)9-20)21-5-1-2-13(21)22/h3-4,7,11H,1-2,5-6,8-9H2. The SMILES string of the molecule is O=C(Oc1ccc(Cl)cn1)N1CC(N2CCCC2=O)CC(F)(F)C1. The number of pyridine rings is 1. The average molecular weight is 360 g/mol. The Morgan fingerprint density at radius 2 is 2.21 bits per heavy atom. The third-order valence-electron chi connectivity index (χ3n) is 4.09. The zero-order valence-electron chi connectivity index (χ0n) is 12.8. The van der Waals surface area contributed by atoms with Gasteiger partial charge in [0, 0.05) is 38.2 Å². The van der Waals surface area contributed by atoms with E-state index in [1.54, 1.807) is 0 Å². The van der Waals surface area contributed by atoms with Crippen LogP contribution in [0.1, 0.15) is 19.3 Å². The van der Waals surface area contributed by atoms with Crippen LogP contribution in [0.4, 0.5) is 13.6 Å². The Bertz CT molecular complexity index is 641. The summed E-state index contributed by atoms with van der Waals surface area (Å²) in [5, 5.41) is 0.368. The van der Waals surface area contributed by atoms with Crippen LogP contribution in [0.3, 0.4) is 0 Å². The molecule has 2 amide bonds. The highest BCUT2D eigenvalue weighted by Gasteiger charge is 2.46. The van der Waals surface area contributed by atoms with Gasteiger partial charge in [-0.2, -0.15) is 0 Å². The number of nitrogens with zero attached hydrogens (tertiary/aromatic N) is 3. The molecule has 3 heterocycles. The molecule has 3 rings (SSSR count). The van der Waals surface area contributed by atoms with Gasteiger partial charge in [-0.05, 0) is 12.5 Å². The number of halogens is 3. The van der Waals surface area contributed by atoms with E-state index < -0.39 is 31.0 Å². The van der Waals surface area contributed by atoms with E-state index in [1.165, 1.54) is 23.2 Å². The number of likely N-dealkylation sites (tertiary alicyclic amines) is 2. The lowest BCUT2D eigenvalue weighted by Crippen LogP contribution is -2.57. The van der Waals surface area contributed by atoms with Crippen LogP contribution in [0.2, 0.25) is 5.02 Å². The molecule has 0 aliphatic carbocycles. The number of hydrogen-bond acceptors (Lipinski definition) is 4. The summed E-state index contributed by atoms with van der Waals surface area (Å²) in [7, 11) is 0. The van der Waals surface area contributed by atoms with Gasteiger partial charge in [0.25, 0.3) is 5.92 Å². The number of carbonyl (C=O) groups excluding carboxylic acids is 2. The molecular formula is C15H16ClF2N3O3.